The number of rotatable bonds is 4. The van der Waals surface area contributed by atoms with Gasteiger partial charge in [-0.2, -0.15) is 0 Å². The second-order valence-corrected chi connectivity index (χ2v) is 5.89. The summed E-state index contributed by atoms with van der Waals surface area (Å²) in [5.74, 6) is -0.571. The van der Waals surface area contributed by atoms with E-state index in [0.717, 1.165) is 4.31 Å². The summed E-state index contributed by atoms with van der Waals surface area (Å²) >= 11 is 0. The highest BCUT2D eigenvalue weighted by Gasteiger charge is 2.26. The van der Waals surface area contributed by atoms with Gasteiger partial charge in [0.25, 0.3) is 0 Å². The molecule has 1 unspecified atom stereocenters. The molecular formula is C10H15FN2O2S. The summed E-state index contributed by atoms with van der Waals surface area (Å²) in [6.45, 7) is 1.49. The highest BCUT2D eigenvalue weighted by atomic mass is 32.2. The topological polar surface area (TPSA) is 63.4 Å². The van der Waals surface area contributed by atoms with Gasteiger partial charge in [-0.15, -0.1) is 0 Å². The maximum Gasteiger partial charge on any atom is 0.238 e. The van der Waals surface area contributed by atoms with Gasteiger partial charge in [0.1, 0.15) is 5.82 Å². The fraction of sp³-hybridized carbons (Fsp3) is 0.400. The van der Waals surface area contributed by atoms with E-state index in [1.165, 1.54) is 32.2 Å². The van der Waals surface area contributed by atoms with Crippen LogP contribution in [0.4, 0.5) is 10.1 Å². The third-order valence-electron chi connectivity index (χ3n) is 2.41. The smallest absolute Gasteiger partial charge is 0.238 e. The molecule has 1 atom stereocenters. The summed E-state index contributed by atoms with van der Waals surface area (Å²) in [4.78, 5) is 0. The Balaban J connectivity index is 3.13. The Morgan fingerprint density at radius 3 is 2.50 bits per heavy atom. The van der Waals surface area contributed by atoms with Gasteiger partial charge in [-0.3, -0.25) is 4.31 Å². The van der Waals surface area contributed by atoms with Crippen molar-refractivity contribution in [2.24, 2.45) is 5.73 Å². The number of hydrogen-bond donors (Lipinski definition) is 1. The van der Waals surface area contributed by atoms with Gasteiger partial charge in [-0.25, -0.2) is 12.8 Å². The van der Waals surface area contributed by atoms with E-state index in [4.69, 9.17) is 5.73 Å². The standard InChI is InChI=1S/C10H15FN2O2S/c1-8(7-12)16(14,15)13(2)10-6-4-3-5-9(10)11/h3-6,8H,7,12H2,1-2H3. The van der Waals surface area contributed by atoms with Crippen molar-refractivity contribution in [1.29, 1.82) is 0 Å². The van der Waals surface area contributed by atoms with Crippen molar-refractivity contribution in [1.82, 2.24) is 0 Å². The number of nitrogens with zero attached hydrogens (tertiary/aromatic N) is 1. The number of anilines is 1. The highest BCUT2D eigenvalue weighted by Crippen LogP contribution is 2.21. The molecule has 2 N–H and O–H groups in total. The van der Waals surface area contributed by atoms with Gasteiger partial charge in [0.15, 0.2) is 0 Å². The summed E-state index contributed by atoms with van der Waals surface area (Å²) in [6.07, 6.45) is 0. The van der Waals surface area contributed by atoms with Crippen molar-refractivity contribution in [3.05, 3.63) is 30.1 Å². The first-order valence-electron chi connectivity index (χ1n) is 4.83. The van der Waals surface area contributed by atoms with E-state index >= 15 is 0 Å². The van der Waals surface area contributed by atoms with Crippen molar-refractivity contribution < 1.29 is 12.8 Å². The van der Waals surface area contributed by atoms with Gasteiger partial charge in [0, 0.05) is 13.6 Å². The predicted molar refractivity (Wildman–Crippen MR) is 62.2 cm³/mol. The zero-order valence-electron chi connectivity index (χ0n) is 9.22. The molecule has 0 bridgehead atoms. The van der Waals surface area contributed by atoms with Crippen LogP contribution in [0.5, 0.6) is 0 Å². The molecule has 6 heteroatoms. The van der Waals surface area contributed by atoms with E-state index in [1.54, 1.807) is 6.07 Å². The minimum absolute atomic E-state index is 0.00112. The van der Waals surface area contributed by atoms with Crippen molar-refractivity contribution in [3.63, 3.8) is 0 Å². The van der Waals surface area contributed by atoms with Gasteiger partial charge >= 0.3 is 0 Å². The van der Waals surface area contributed by atoms with Crippen molar-refractivity contribution in [2.45, 2.75) is 12.2 Å². The van der Waals surface area contributed by atoms with E-state index in [0.29, 0.717) is 0 Å². The monoisotopic (exact) mass is 246 g/mol. The van der Waals surface area contributed by atoms with Crippen LogP contribution in [0.2, 0.25) is 0 Å². The second kappa shape index (κ2) is 4.80. The largest absolute Gasteiger partial charge is 0.329 e. The lowest BCUT2D eigenvalue weighted by atomic mass is 10.3. The van der Waals surface area contributed by atoms with Gasteiger partial charge in [0.05, 0.1) is 10.9 Å². The Labute approximate surface area is 94.9 Å². The lowest BCUT2D eigenvalue weighted by molar-refractivity contribution is 0.578. The number of nitrogens with two attached hydrogens (primary N) is 1. The number of sulfonamides is 1. The molecule has 0 spiro atoms. The summed E-state index contributed by atoms with van der Waals surface area (Å²) in [5, 5.41) is -0.739. The van der Waals surface area contributed by atoms with Crippen LogP contribution in [0.1, 0.15) is 6.92 Å². The normalized spacial score (nSPS) is 13.5. The van der Waals surface area contributed by atoms with Gasteiger partial charge in [-0.1, -0.05) is 12.1 Å². The first-order chi connectivity index (χ1) is 7.41. The van der Waals surface area contributed by atoms with Crippen molar-refractivity contribution >= 4 is 15.7 Å². The molecule has 0 fully saturated rings. The molecular weight excluding hydrogens is 231 g/mol. The number of para-hydroxylation sites is 1. The Kier molecular flexibility index (Phi) is 3.88. The number of halogens is 1. The van der Waals surface area contributed by atoms with Crippen LogP contribution in [0.25, 0.3) is 0 Å². The fourth-order valence-corrected chi connectivity index (χ4v) is 2.44. The van der Waals surface area contributed by atoms with Crippen LogP contribution in [0, 0.1) is 5.82 Å². The van der Waals surface area contributed by atoms with Gasteiger partial charge < -0.3 is 5.73 Å². The molecule has 4 nitrogen and oxygen atoms in total. The molecule has 0 radical (unpaired) electrons. The first kappa shape index (κ1) is 12.9. The molecule has 0 aromatic heterocycles. The van der Waals surface area contributed by atoms with Gasteiger partial charge in [-0.05, 0) is 19.1 Å². The molecule has 16 heavy (non-hydrogen) atoms. The lowest BCUT2D eigenvalue weighted by Gasteiger charge is -2.23. The fourth-order valence-electron chi connectivity index (χ4n) is 1.24. The van der Waals surface area contributed by atoms with E-state index in [2.05, 4.69) is 0 Å². The van der Waals surface area contributed by atoms with Gasteiger partial charge in [0.2, 0.25) is 10.0 Å². The van der Waals surface area contributed by atoms with E-state index in [1.807, 2.05) is 0 Å². The Morgan fingerprint density at radius 1 is 1.44 bits per heavy atom. The molecule has 0 aliphatic carbocycles. The molecule has 0 amide bonds. The number of benzene rings is 1. The maximum absolute atomic E-state index is 13.4. The summed E-state index contributed by atoms with van der Waals surface area (Å²) in [5.41, 5.74) is 5.34. The molecule has 0 aliphatic heterocycles. The second-order valence-electron chi connectivity index (χ2n) is 3.51. The summed E-state index contributed by atoms with van der Waals surface area (Å²) in [7, 11) is -2.28. The van der Waals surface area contributed by atoms with Crippen molar-refractivity contribution in [2.75, 3.05) is 17.9 Å². The summed E-state index contributed by atoms with van der Waals surface area (Å²) < 4.78 is 38.1. The van der Waals surface area contributed by atoms with Crippen LogP contribution in [-0.2, 0) is 10.0 Å². The van der Waals surface area contributed by atoms with Crippen LogP contribution < -0.4 is 10.0 Å². The third kappa shape index (κ3) is 2.33. The van der Waals surface area contributed by atoms with E-state index in [9.17, 15) is 12.8 Å². The molecule has 90 valence electrons. The third-order valence-corrected chi connectivity index (χ3v) is 4.58. The van der Waals surface area contributed by atoms with Crippen molar-refractivity contribution in [3.8, 4) is 0 Å². The Bertz CT molecular complexity index is 462. The molecule has 1 aromatic carbocycles. The average Bonchev–Trinajstić information content (AvgIpc) is 2.27. The lowest BCUT2D eigenvalue weighted by Crippen LogP contribution is -2.38. The van der Waals surface area contributed by atoms with Crippen LogP contribution >= 0.6 is 0 Å². The predicted octanol–water partition coefficient (Wildman–Crippen LogP) is 0.939. The molecule has 0 heterocycles. The van der Waals surface area contributed by atoms with Crippen LogP contribution in [-0.4, -0.2) is 27.3 Å². The molecule has 1 aromatic rings. The summed E-state index contributed by atoms with van der Waals surface area (Å²) in [6, 6.07) is 5.72. The van der Waals surface area contributed by atoms with E-state index in [-0.39, 0.29) is 12.2 Å². The minimum atomic E-state index is -3.60. The SMILES string of the molecule is CC(CN)S(=O)(=O)N(C)c1ccccc1F. The molecule has 0 saturated heterocycles. The zero-order chi connectivity index (χ0) is 12.3. The van der Waals surface area contributed by atoms with Crippen LogP contribution in [0.3, 0.4) is 0 Å². The number of hydrogen-bond acceptors (Lipinski definition) is 3. The molecule has 1 rings (SSSR count). The average molecular weight is 246 g/mol. The van der Waals surface area contributed by atoms with Crippen LogP contribution in [0.15, 0.2) is 24.3 Å². The zero-order valence-corrected chi connectivity index (χ0v) is 10.0. The first-order valence-corrected chi connectivity index (χ1v) is 6.34. The Hall–Kier alpha value is -1.14. The molecule has 0 saturated carbocycles. The minimum Gasteiger partial charge on any atom is -0.329 e. The Morgan fingerprint density at radius 2 is 2.00 bits per heavy atom. The maximum atomic E-state index is 13.4. The highest BCUT2D eigenvalue weighted by molar-refractivity contribution is 7.93. The quantitative estimate of drug-likeness (QED) is 0.860. The molecule has 0 aliphatic rings. The van der Waals surface area contributed by atoms with E-state index < -0.39 is 21.1 Å².